The van der Waals surface area contributed by atoms with Crippen LogP contribution >= 0.6 is 0 Å². The van der Waals surface area contributed by atoms with Crippen LogP contribution < -0.4 is 4.90 Å². The van der Waals surface area contributed by atoms with E-state index < -0.39 is 5.60 Å². The van der Waals surface area contributed by atoms with Gasteiger partial charge in [-0.25, -0.2) is 4.79 Å². The Balaban J connectivity index is 2.44. The second kappa shape index (κ2) is 5.40. The van der Waals surface area contributed by atoms with Gasteiger partial charge in [0.25, 0.3) is 0 Å². The summed E-state index contributed by atoms with van der Waals surface area (Å²) in [5.74, 6) is -0.188. The van der Waals surface area contributed by atoms with Gasteiger partial charge in [0, 0.05) is 6.54 Å². The molecule has 0 saturated heterocycles. The van der Waals surface area contributed by atoms with Gasteiger partial charge in [0.05, 0.1) is 17.7 Å². The summed E-state index contributed by atoms with van der Waals surface area (Å²) >= 11 is 0. The molecule has 4 nitrogen and oxygen atoms in total. The van der Waals surface area contributed by atoms with Gasteiger partial charge >= 0.3 is 6.09 Å². The molecule has 0 radical (unpaired) electrons. The van der Waals surface area contributed by atoms with E-state index in [9.17, 15) is 10.1 Å². The Kier molecular flexibility index (Phi) is 3.95. The zero-order chi connectivity index (χ0) is 15.8. The van der Waals surface area contributed by atoms with Gasteiger partial charge in [-0.2, -0.15) is 5.26 Å². The Morgan fingerprint density at radius 2 is 2.05 bits per heavy atom. The molecule has 2 rings (SSSR count). The average Bonchev–Trinajstić information content (AvgIpc) is 2.35. The number of anilines is 1. The minimum absolute atomic E-state index is 0.188. The lowest BCUT2D eigenvalue weighted by atomic mass is 9.89. The number of fused-ring (bicyclic) bond motifs is 1. The van der Waals surface area contributed by atoms with Gasteiger partial charge in [0.2, 0.25) is 0 Å². The van der Waals surface area contributed by atoms with Crippen LogP contribution in [0.15, 0.2) is 12.1 Å². The Labute approximate surface area is 126 Å². The molecular formula is C17H22N2O2. The maximum atomic E-state index is 12.5. The van der Waals surface area contributed by atoms with E-state index in [4.69, 9.17) is 4.74 Å². The van der Waals surface area contributed by atoms with Crippen molar-refractivity contribution in [2.24, 2.45) is 5.92 Å². The molecule has 112 valence electrons. The molecule has 0 N–H and O–H groups in total. The van der Waals surface area contributed by atoms with Gasteiger partial charge in [-0.05, 0) is 63.8 Å². The molecule has 4 heteroatoms. The number of hydrogen-bond donors (Lipinski definition) is 0. The number of carbonyl (C=O) groups excluding carboxylic acids is 1. The summed E-state index contributed by atoms with van der Waals surface area (Å²) in [6, 6.07) is 6.37. The molecule has 1 atom stereocenters. The largest absolute Gasteiger partial charge is 0.443 e. The molecule has 1 aliphatic rings. The Morgan fingerprint density at radius 1 is 1.38 bits per heavy atom. The number of rotatable bonds is 0. The summed E-state index contributed by atoms with van der Waals surface area (Å²) in [6.45, 7) is 9.97. The number of nitrogens with zero attached hydrogens (tertiary/aromatic N) is 2. The number of ether oxygens (including phenoxy) is 1. The van der Waals surface area contributed by atoms with Crippen molar-refractivity contribution in [3.8, 4) is 6.07 Å². The van der Waals surface area contributed by atoms with Crippen LogP contribution in [0.25, 0.3) is 0 Å². The second-order valence-electron chi connectivity index (χ2n) is 6.70. The molecule has 0 saturated carbocycles. The van der Waals surface area contributed by atoms with E-state index in [1.807, 2.05) is 40.7 Å². The summed E-state index contributed by atoms with van der Waals surface area (Å²) < 4.78 is 5.48. The number of carbonyl (C=O) groups is 1. The molecule has 0 fully saturated rings. The van der Waals surface area contributed by atoms with E-state index >= 15 is 0 Å². The third-order valence-electron chi connectivity index (χ3n) is 3.53. The first-order valence-electron chi connectivity index (χ1n) is 7.21. The van der Waals surface area contributed by atoms with E-state index in [2.05, 4.69) is 12.1 Å². The third kappa shape index (κ3) is 3.36. The Bertz CT molecular complexity index is 608. The highest BCUT2D eigenvalue weighted by atomic mass is 16.6. The van der Waals surface area contributed by atoms with E-state index in [-0.39, 0.29) is 12.0 Å². The highest BCUT2D eigenvalue weighted by Crippen LogP contribution is 2.34. The first-order chi connectivity index (χ1) is 9.71. The lowest BCUT2D eigenvalue weighted by molar-refractivity contribution is 0.0574. The number of hydrogen-bond acceptors (Lipinski definition) is 3. The van der Waals surface area contributed by atoms with Crippen LogP contribution in [-0.4, -0.2) is 18.2 Å². The lowest BCUT2D eigenvalue weighted by Gasteiger charge is -2.34. The minimum atomic E-state index is -0.546. The molecule has 0 aromatic heterocycles. The number of nitriles is 1. The van der Waals surface area contributed by atoms with Crippen LogP contribution in [0.3, 0.4) is 0 Å². The lowest BCUT2D eigenvalue weighted by Crippen LogP contribution is -2.43. The molecule has 0 spiro atoms. The maximum absolute atomic E-state index is 12.5. The molecule has 1 amide bonds. The van der Waals surface area contributed by atoms with Crippen molar-refractivity contribution in [3.63, 3.8) is 0 Å². The molecule has 21 heavy (non-hydrogen) atoms. The van der Waals surface area contributed by atoms with Crippen molar-refractivity contribution in [3.05, 3.63) is 28.8 Å². The summed E-state index contributed by atoms with van der Waals surface area (Å²) in [4.78, 5) is 14.1. The van der Waals surface area contributed by atoms with Crippen molar-refractivity contribution >= 4 is 11.8 Å². The highest BCUT2D eigenvalue weighted by Gasteiger charge is 2.32. The molecule has 1 aromatic rings. The fourth-order valence-electron chi connectivity index (χ4n) is 2.69. The van der Waals surface area contributed by atoms with Crippen LogP contribution in [0.2, 0.25) is 0 Å². The maximum Gasteiger partial charge on any atom is 0.414 e. The van der Waals surface area contributed by atoms with Crippen LogP contribution in [0, 0.1) is 31.1 Å². The van der Waals surface area contributed by atoms with E-state index in [0.29, 0.717) is 13.0 Å². The van der Waals surface area contributed by atoms with E-state index in [0.717, 1.165) is 22.4 Å². The minimum Gasteiger partial charge on any atom is -0.443 e. The van der Waals surface area contributed by atoms with Crippen molar-refractivity contribution in [1.82, 2.24) is 0 Å². The summed E-state index contributed by atoms with van der Waals surface area (Å²) in [6.07, 6.45) is 0.311. The normalized spacial score (nSPS) is 17.9. The second-order valence-corrected chi connectivity index (χ2v) is 6.70. The van der Waals surface area contributed by atoms with Gasteiger partial charge in [-0.3, -0.25) is 4.90 Å². The predicted molar refractivity (Wildman–Crippen MR) is 82.3 cm³/mol. The molecule has 1 unspecified atom stereocenters. The Hall–Kier alpha value is -2.02. The monoisotopic (exact) mass is 286 g/mol. The number of amides is 1. The first-order valence-corrected chi connectivity index (χ1v) is 7.21. The SMILES string of the molecule is Cc1cc(C)c2c(c1)N(C(=O)OC(C)(C)C)CC(C#N)C2. The van der Waals surface area contributed by atoms with Gasteiger partial charge in [-0.15, -0.1) is 0 Å². The zero-order valence-electron chi connectivity index (χ0n) is 13.4. The van der Waals surface area contributed by atoms with Gasteiger partial charge in [0.1, 0.15) is 5.60 Å². The number of aryl methyl sites for hydroxylation is 2. The quantitative estimate of drug-likeness (QED) is 0.730. The molecular weight excluding hydrogens is 264 g/mol. The topological polar surface area (TPSA) is 53.3 Å². The van der Waals surface area contributed by atoms with Crippen LogP contribution in [-0.2, 0) is 11.2 Å². The molecule has 1 heterocycles. The van der Waals surface area contributed by atoms with Gasteiger partial charge in [-0.1, -0.05) is 6.07 Å². The molecule has 1 aromatic carbocycles. The van der Waals surface area contributed by atoms with Crippen molar-refractivity contribution in [2.45, 2.75) is 46.6 Å². The molecule has 1 aliphatic heterocycles. The summed E-state index contributed by atoms with van der Waals surface area (Å²) in [5, 5.41) is 9.27. The number of benzene rings is 1. The highest BCUT2D eigenvalue weighted by molar-refractivity contribution is 5.90. The van der Waals surface area contributed by atoms with E-state index in [1.165, 1.54) is 0 Å². The fraction of sp³-hybridized carbons (Fsp3) is 0.529. The zero-order valence-corrected chi connectivity index (χ0v) is 13.4. The molecule has 0 aliphatic carbocycles. The average molecular weight is 286 g/mol. The molecule has 0 bridgehead atoms. The van der Waals surface area contributed by atoms with Crippen molar-refractivity contribution < 1.29 is 9.53 Å². The first kappa shape index (κ1) is 15.4. The smallest absolute Gasteiger partial charge is 0.414 e. The van der Waals surface area contributed by atoms with Gasteiger partial charge in [0.15, 0.2) is 0 Å². The third-order valence-corrected chi connectivity index (χ3v) is 3.53. The standard InChI is InChI=1S/C17H22N2O2/c1-11-6-12(2)14-8-13(9-18)10-19(15(14)7-11)16(20)21-17(3,4)5/h6-7,13H,8,10H2,1-5H3. The van der Waals surface area contributed by atoms with Crippen LogP contribution in [0.4, 0.5) is 10.5 Å². The van der Waals surface area contributed by atoms with E-state index in [1.54, 1.807) is 4.90 Å². The summed E-state index contributed by atoms with van der Waals surface area (Å²) in [5.41, 5.74) is 3.64. The Morgan fingerprint density at radius 3 is 2.62 bits per heavy atom. The predicted octanol–water partition coefficient (Wildman–Crippen LogP) is 3.74. The summed E-state index contributed by atoms with van der Waals surface area (Å²) in [7, 11) is 0. The fourth-order valence-corrected chi connectivity index (χ4v) is 2.69. The van der Waals surface area contributed by atoms with Crippen LogP contribution in [0.5, 0.6) is 0 Å². The van der Waals surface area contributed by atoms with Crippen molar-refractivity contribution in [1.29, 1.82) is 5.26 Å². The van der Waals surface area contributed by atoms with Crippen LogP contribution in [0.1, 0.15) is 37.5 Å². The van der Waals surface area contributed by atoms with Gasteiger partial charge < -0.3 is 4.74 Å². The van der Waals surface area contributed by atoms with Crippen molar-refractivity contribution in [2.75, 3.05) is 11.4 Å².